The van der Waals surface area contributed by atoms with Crippen LogP contribution in [0.4, 0.5) is 10.2 Å². The Kier molecular flexibility index (Phi) is 4.47. The number of fused-ring (bicyclic) bond motifs is 2. The zero-order valence-corrected chi connectivity index (χ0v) is 16.6. The van der Waals surface area contributed by atoms with Crippen LogP contribution in [0, 0.1) is 17.7 Å². The Morgan fingerprint density at radius 2 is 1.80 bits per heavy atom. The average Bonchev–Trinajstić information content (AvgIpc) is 3.40. The van der Waals surface area contributed by atoms with E-state index < -0.39 is 5.91 Å². The Bertz CT molecular complexity index is 1170. The molecule has 1 aliphatic heterocycles. The maximum Gasteiger partial charge on any atom is 0.245 e. The summed E-state index contributed by atoms with van der Waals surface area (Å²) in [6.45, 7) is -0.342. The number of aromatic nitrogens is 2. The van der Waals surface area contributed by atoms with Gasteiger partial charge in [-0.2, -0.15) is 0 Å². The van der Waals surface area contributed by atoms with Gasteiger partial charge in [0.15, 0.2) is 4.96 Å². The Morgan fingerprint density at radius 1 is 1.13 bits per heavy atom. The smallest absolute Gasteiger partial charge is 0.245 e. The predicted octanol–water partition coefficient (Wildman–Crippen LogP) is 3.09. The van der Waals surface area contributed by atoms with Gasteiger partial charge in [0.1, 0.15) is 23.9 Å². The number of benzene rings is 1. The second kappa shape index (κ2) is 7.17. The number of nitrogens with one attached hydrogen (secondary N) is 1. The van der Waals surface area contributed by atoms with Gasteiger partial charge in [-0.05, 0) is 37.1 Å². The van der Waals surface area contributed by atoms with Crippen molar-refractivity contribution in [1.82, 2.24) is 14.3 Å². The summed E-state index contributed by atoms with van der Waals surface area (Å²) in [4.78, 5) is 44.3. The van der Waals surface area contributed by atoms with E-state index in [9.17, 15) is 18.8 Å². The van der Waals surface area contributed by atoms with E-state index in [0.717, 1.165) is 4.90 Å². The molecule has 0 spiro atoms. The fourth-order valence-corrected chi connectivity index (χ4v) is 4.77. The van der Waals surface area contributed by atoms with E-state index in [1.165, 1.54) is 23.5 Å². The summed E-state index contributed by atoms with van der Waals surface area (Å²) in [7, 11) is 0. The summed E-state index contributed by atoms with van der Waals surface area (Å²) in [5, 5.41) is 4.63. The van der Waals surface area contributed by atoms with Gasteiger partial charge in [0.2, 0.25) is 17.7 Å². The fraction of sp³-hybridized carbons (Fsp3) is 0.238. The molecule has 1 aromatic carbocycles. The van der Waals surface area contributed by atoms with E-state index in [4.69, 9.17) is 0 Å². The van der Waals surface area contributed by atoms with Crippen molar-refractivity contribution >= 4 is 39.8 Å². The van der Waals surface area contributed by atoms with Crippen molar-refractivity contribution in [3.8, 4) is 11.3 Å². The minimum atomic E-state index is -0.486. The van der Waals surface area contributed by atoms with Crippen LogP contribution in [0.2, 0.25) is 0 Å². The standard InChI is InChI=1S/C21H17FN4O3S/c22-13-7-5-12(6-8-13)17-18(25-9-10-30-21(25)24-17)23-16(27)11-26-19(28)14-3-1-2-4-15(14)20(26)29/h1-2,5-10,14-15H,3-4,11H2,(H,23,27)/t14-,15-/m0/s1. The molecule has 0 radical (unpaired) electrons. The van der Waals surface area contributed by atoms with Gasteiger partial charge in [0, 0.05) is 17.1 Å². The van der Waals surface area contributed by atoms with Gasteiger partial charge in [-0.25, -0.2) is 9.37 Å². The number of allylic oxidation sites excluding steroid dienone is 2. The number of carbonyl (C=O) groups is 3. The van der Waals surface area contributed by atoms with E-state index in [-0.39, 0.29) is 36.0 Å². The van der Waals surface area contributed by atoms with Gasteiger partial charge in [-0.1, -0.05) is 12.2 Å². The number of carbonyl (C=O) groups excluding carboxylic acids is 3. The number of hydrogen-bond donors (Lipinski definition) is 1. The molecule has 30 heavy (non-hydrogen) atoms. The van der Waals surface area contributed by atoms with Crippen molar-refractivity contribution in [3.05, 3.63) is 53.8 Å². The maximum absolute atomic E-state index is 13.3. The molecule has 7 nitrogen and oxygen atoms in total. The molecule has 0 saturated carbocycles. The molecule has 1 aliphatic carbocycles. The van der Waals surface area contributed by atoms with Crippen LogP contribution < -0.4 is 5.32 Å². The van der Waals surface area contributed by atoms with Crippen molar-refractivity contribution in [2.24, 2.45) is 11.8 Å². The molecule has 9 heteroatoms. The van der Waals surface area contributed by atoms with Crippen LogP contribution in [0.5, 0.6) is 0 Å². The molecule has 1 fully saturated rings. The number of amides is 3. The number of halogens is 1. The molecular formula is C21H17FN4O3S. The SMILES string of the molecule is O=C(CN1C(=O)[C@H]2CC=CC[C@@H]2C1=O)Nc1c(-c2ccc(F)cc2)nc2sccn12. The van der Waals surface area contributed by atoms with E-state index in [1.807, 2.05) is 17.5 Å². The van der Waals surface area contributed by atoms with Gasteiger partial charge in [-0.3, -0.25) is 23.7 Å². The van der Waals surface area contributed by atoms with Crippen LogP contribution in [0.25, 0.3) is 16.2 Å². The van der Waals surface area contributed by atoms with Crippen LogP contribution in [0.3, 0.4) is 0 Å². The second-order valence-electron chi connectivity index (χ2n) is 7.34. The first-order valence-corrected chi connectivity index (χ1v) is 10.4. The molecule has 3 aromatic rings. The van der Waals surface area contributed by atoms with Gasteiger partial charge in [0.05, 0.1) is 11.8 Å². The molecule has 1 saturated heterocycles. The number of hydrogen-bond acceptors (Lipinski definition) is 5. The average molecular weight is 424 g/mol. The molecule has 5 rings (SSSR count). The molecule has 3 heterocycles. The highest BCUT2D eigenvalue weighted by molar-refractivity contribution is 7.15. The third-order valence-electron chi connectivity index (χ3n) is 5.54. The fourth-order valence-electron chi connectivity index (χ4n) is 4.05. The highest BCUT2D eigenvalue weighted by atomic mass is 32.1. The Balaban J connectivity index is 1.41. The first-order valence-electron chi connectivity index (χ1n) is 9.54. The largest absolute Gasteiger partial charge is 0.308 e. The van der Waals surface area contributed by atoms with Crippen molar-refractivity contribution in [2.75, 3.05) is 11.9 Å². The number of anilines is 1. The lowest BCUT2D eigenvalue weighted by Crippen LogP contribution is -2.38. The highest BCUT2D eigenvalue weighted by Crippen LogP contribution is 2.35. The second-order valence-corrected chi connectivity index (χ2v) is 8.21. The highest BCUT2D eigenvalue weighted by Gasteiger charge is 2.47. The van der Waals surface area contributed by atoms with E-state index >= 15 is 0 Å². The summed E-state index contributed by atoms with van der Waals surface area (Å²) < 4.78 is 15.0. The lowest BCUT2D eigenvalue weighted by Gasteiger charge is -2.14. The molecular weight excluding hydrogens is 407 g/mol. The van der Waals surface area contributed by atoms with Gasteiger partial charge >= 0.3 is 0 Å². The topological polar surface area (TPSA) is 83.8 Å². The van der Waals surface area contributed by atoms with Crippen LogP contribution in [0.1, 0.15) is 12.8 Å². The lowest BCUT2D eigenvalue weighted by molar-refractivity contribution is -0.142. The molecule has 0 bridgehead atoms. The van der Waals surface area contributed by atoms with Crippen molar-refractivity contribution in [3.63, 3.8) is 0 Å². The molecule has 152 valence electrons. The quantitative estimate of drug-likeness (QED) is 0.515. The molecule has 2 aliphatic rings. The van der Waals surface area contributed by atoms with Gasteiger partial charge in [-0.15, -0.1) is 11.3 Å². The number of likely N-dealkylation sites (tertiary alicyclic amines) is 1. The maximum atomic E-state index is 13.3. The summed E-state index contributed by atoms with van der Waals surface area (Å²) in [6, 6.07) is 5.82. The van der Waals surface area contributed by atoms with Crippen molar-refractivity contribution in [1.29, 1.82) is 0 Å². The van der Waals surface area contributed by atoms with E-state index in [0.29, 0.717) is 34.9 Å². The van der Waals surface area contributed by atoms with Gasteiger partial charge in [0.25, 0.3) is 0 Å². The summed E-state index contributed by atoms with van der Waals surface area (Å²) >= 11 is 1.40. The zero-order valence-electron chi connectivity index (χ0n) is 15.7. The summed E-state index contributed by atoms with van der Waals surface area (Å²) in [6.07, 6.45) is 6.64. The monoisotopic (exact) mass is 424 g/mol. The molecule has 2 aromatic heterocycles. The first-order chi connectivity index (χ1) is 14.5. The number of thiazole rings is 1. The third-order valence-corrected chi connectivity index (χ3v) is 6.29. The number of nitrogens with zero attached hydrogens (tertiary/aromatic N) is 3. The van der Waals surface area contributed by atoms with E-state index in [2.05, 4.69) is 10.3 Å². The van der Waals surface area contributed by atoms with Crippen molar-refractivity contribution < 1.29 is 18.8 Å². The Labute approximate surface area is 174 Å². The number of rotatable bonds is 4. The molecule has 2 atom stereocenters. The van der Waals surface area contributed by atoms with Crippen LogP contribution in [-0.2, 0) is 14.4 Å². The number of imidazole rings is 1. The van der Waals surface area contributed by atoms with Crippen molar-refractivity contribution in [2.45, 2.75) is 12.8 Å². The Hall–Kier alpha value is -3.33. The molecule has 1 N–H and O–H groups in total. The summed E-state index contributed by atoms with van der Waals surface area (Å²) in [5.41, 5.74) is 1.14. The Morgan fingerprint density at radius 3 is 2.47 bits per heavy atom. The van der Waals surface area contributed by atoms with Crippen LogP contribution in [0.15, 0.2) is 48.0 Å². The van der Waals surface area contributed by atoms with Crippen LogP contribution in [-0.4, -0.2) is 38.6 Å². The molecule has 3 amide bonds. The predicted molar refractivity (Wildman–Crippen MR) is 109 cm³/mol. The molecule has 0 unspecified atom stereocenters. The minimum Gasteiger partial charge on any atom is -0.308 e. The normalized spacial score (nSPS) is 20.8. The minimum absolute atomic E-state index is 0.294. The lowest BCUT2D eigenvalue weighted by atomic mass is 9.85. The van der Waals surface area contributed by atoms with Crippen LogP contribution >= 0.6 is 11.3 Å². The third kappa shape index (κ3) is 3.02. The zero-order chi connectivity index (χ0) is 20.8. The van der Waals surface area contributed by atoms with Gasteiger partial charge < -0.3 is 5.32 Å². The van der Waals surface area contributed by atoms with E-state index in [1.54, 1.807) is 22.7 Å². The first kappa shape index (κ1) is 18.7. The number of imide groups is 1. The summed E-state index contributed by atoms with van der Waals surface area (Å²) in [5.74, 6) is -1.77.